The fraction of sp³-hybridized carbons (Fsp3) is 0.286. The number of benzene rings is 1. The molecule has 0 atom stereocenters. The van der Waals surface area contributed by atoms with Gasteiger partial charge in [-0.15, -0.1) is 0 Å². The first-order valence-corrected chi connectivity index (χ1v) is 6.96. The van der Waals surface area contributed by atoms with E-state index >= 15 is 0 Å². The molecule has 0 bridgehead atoms. The van der Waals surface area contributed by atoms with Crippen molar-refractivity contribution in [2.45, 2.75) is 20.8 Å². The molecule has 6 heteroatoms. The van der Waals surface area contributed by atoms with Crippen molar-refractivity contribution in [3.8, 4) is 0 Å². The van der Waals surface area contributed by atoms with Gasteiger partial charge in [0, 0.05) is 5.69 Å². The molecule has 0 saturated carbocycles. The summed E-state index contributed by atoms with van der Waals surface area (Å²) in [7, 11) is 0. The van der Waals surface area contributed by atoms with Crippen molar-refractivity contribution in [2.24, 2.45) is 0 Å². The molecule has 0 radical (unpaired) electrons. The Kier molecular flexibility index (Phi) is 4.34. The molecule has 0 fully saturated rings. The number of halogens is 1. The zero-order valence-electron chi connectivity index (χ0n) is 11.5. The van der Waals surface area contributed by atoms with Gasteiger partial charge in [-0.25, -0.2) is 9.18 Å². The Labute approximate surface area is 120 Å². The molecule has 106 valence electrons. The van der Waals surface area contributed by atoms with Gasteiger partial charge in [0.2, 0.25) is 0 Å². The van der Waals surface area contributed by atoms with E-state index in [1.54, 1.807) is 32.9 Å². The maximum Gasteiger partial charge on any atom is 0.343 e. The number of nitrogens with zero attached hydrogens (tertiary/aromatic N) is 1. The minimum Gasteiger partial charge on any atom is -0.462 e. The van der Waals surface area contributed by atoms with E-state index in [1.165, 1.54) is 17.6 Å². The first-order valence-electron chi connectivity index (χ1n) is 6.19. The number of carbonyl (C=O) groups excluding carboxylic acids is 1. The molecule has 20 heavy (non-hydrogen) atoms. The normalized spacial score (nSPS) is 10.4. The van der Waals surface area contributed by atoms with Crippen LogP contribution in [0, 0.1) is 19.7 Å². The Morgan fingerprint density at radius 3 is 2.85 bits per heavy atom. The minimum atomic E-state index is -0.403. The molecular weight excluding hydrogens is 279 g/mol. The second kappa shape index (κ2) is 6.00. The summed E-state index contributed by atoms with van der Waals surface area (Å²) < 4.78 is 22.4. The Hall–Kier alpha value is -1.95. The lowest BCUT2D eigenvalue weighted by Crippen LogP contribution is -2.07. The number of hydrogen-bond acceptors (Lipinski definition) is 5. The molecular formula is C14H15FN2O2S. The van der Waals surface area contributed by atoms with Crippen LogP contribution in [0.4, 0.5) is 15.1 Å². The van der Waals surface area contributed by atoms with E-state index in [4.69, 9.17) is 4.74 Å². The van der Waals surface area contributed by atoms with Crippen LogP contribution in [0.15, 0.2) is 18.2 Å². The summed E-state index contributed by atoms with van der Waals surface area (Å²) in [4.78, 5) is 11.9. The number of aromatic nitrogens is 1. The van der Waals surface area contributed by atoms with Crippen LogP contribution in [0.2, 0.25) is 0 Å². The highest BCUT2D eigenvalue weighted by Gasteiger charge is 2.19. The highest BCUT2D eigenvalue weighted by Crippen LogP contribution is 2.29. The third kappa shape index (κ3) is 2.96. The van der Waals surface area contributed by atoms with E-state index in [1.807, 2.05) is 0 Å². The van der Waals surface area contributed by atoms with Crippen LogP contribution in [0.25, 0.3) is 0 Å². The number of carbonyl (C=O) groups is 1. The molecule has 0 spiro atoms. The van der Waals surface area contributed by atoms with Gasteiger partial charge in [0.25, 0.3) is 0 Å². The quantitative estimate of drug-likeness (QED) is 0.871. The molecule has 1 N–H and O–H groups in total. The Balaban J connectivity index is 2.29. The highest BCUT2D eigenvalue weighted by molar-refractivity contribution is 7.10. The Bertz CT molecular complexity index is 640. The van der Waals surface area contributed by atoms with Crippen LogP contribution in [0.1, 0.15) is 28.5 Å². The highest BCUT2D eigenvalue weighted by atomic mass is 32.1. The van der Waals surface area contributed by atoms with E-state index in [9.17, 15) is 9.18 Å². The largest absolute Gasteiger partial charge is 0.462 e. The maximum atomic E-state index is 13.2. The van der Waals surface area contributed by atoms with Crippen LogP contribution in [0.3, 0.4) is 0 Å². The molecule has 1 aromatic carbocycles. The second-order valence-corrected chi connectivity index (χ2v) is 5.05. The van der Waals surface area contributed by atoms with Crippen LogP contribution < -0.4 is 5.32 Å². The zero-order valence-corrected chi connectivity index (χ0v) is 12.3. The third-order valence-electron chi connectivity index (χ3n) is 2.76. The fourth-order valence-electron chi connectivity index (χ4n) is 1.75. The Morgan fingerprint density at radius 2 is 2.20 bits per heavy atom. The third-order valence-corrected chi connectivity index (χ3v) is 3.61. The molecule has 0 aliphatic heterocycles. The summed E-state index contributed by atoms with van der Waals surface area (Å²) in [6.07, 6.45) is 0. The second-order valence-electron chi connectivity index (χ2n) is 4.28. The van der Waals surface area contributed by atoms with Crippen molar-refractivity contribution < 1.29 is 13.9 Å². The lowest BCUT2D eigenvalue weighted by Gasteiger charge is -2.08. The topological polar surface area (TPSA) is 51.2 Å². The van der Waals surface area contributed by atoms with Gasteiger partial charge in [-0.1, -0.05) is 0 Å². The van der Waals surface area contributed by atoms with Gasteiger partial charge in [0.1, 0.15) is 16.4 Å². The summed E-state index contributed by atoms with van der Waals surface area (Å²) in [5.41, 5.74) is 2.29. The fourth-order valence-corrected chi connectivity index (χ4v) is 2.56. The van der Waals surface area contributed by atoms with Crippen LogP contribution in [-0.4, -0.2) is 16.9 Å². The van der Waals surface area contributed by atoms with Gasteiger partial charge >= 0.3 is 5.97 Å². The zero-order chi connectivity index (χ0) is 14.7. The van der Waals surface area contributed by atoms with Crippen molar-refractivity contribution in [3.63, 3.8) is 0 Å². The number of ether oxygens (including phenoxy) is 1. The van der Waals surface area contributed by atoms with Crippen molar-refractivity contribution in [1.82, 2.24) is 4.37 Å². The smallest absolute Gasteiger partial charge is 0.343 e. The van der Waals surface area contributed by atoms with Gasteiger partial charge in [-0.2, -0.15) is 4.37 Å². The van der Waals surface area contributed by atoms with E-state index < -0.39 is 5.97 Å². The molecule has 1 heterocycles. The van der Waals surface area contributed by atoms with E-state index in [0.717, 1.165) is 0 Å². The lowest BCUT2D eigenvalue weighted by atomic mass is 10.2. The molecule has 0 aliphatic carbocycles. The molecule has 2 rings (SSSR count). The number of aryl methyl sites for hydroxylation is 2. The molecule has 0 aliphatic rings. The predicted octanol–water partition coefficient (Wildman–Crippen LogP) is 3.82. The summed E-state index contributed by atoms with van der Waals surface area (Å²) >= 11 is 1.18. The van der Waals surface area contributed by atoms with E-state index in [0.29, 0.717) is 34.1 Å². The van der Waals surface area contributed by atoms with Gasteiger partial charge in [-0.3, -0.25) is 0 Å². The first-order chi connectivity index (χ1) is 9.52. The summed E-state index contributed by atoms with van der Waals surface area (Å²) in [5, 5.41) is 3.69. The van der Waals surface area contributed by atoms with E-state index in [2.05, 4.69) is 9.69 Å². The van der Waals surface area contributed by atoms with Crippen molar-refractivity contribution >= 4 is 28.2 Å². The number of esters is 1. The van der Waals surface area contributed by atoms with Crippen LogP contribution in [-0.2, 0) is 4.74 Å². The van der Waals surface area contributed by atoms with Crippen molar-refractivity contribution in [2.75, 3.05) is 11.9 Å². The van der Waals surface area contributed by atoms with Gasteiger partial charge in [-0.05, 0) is 56.1 Å². The maximum absolute atomic E-state index is 13.2. The monoisotopic (exact) mass is 294 g/mol. The van der Waals surface area contributed by atoms with Crippen LogP contribution in [0.5, 0.6) is 0 Å². The molecule has 2 aromatic rings. The standard InChI is InChI=1S/C14H15FN2O2S/c1-4-19-14(18)12-9(3)17-20-13(12)16-10-5-6-11(15)8(2)7-10/h5-7,16H,4H2,1-3H3. The van der Waals surface area contributed by atoms with Crippen LogP contribution >= 0.6 is 11.5 Å². The molecule has 0 unspecified atom stereocenters. The Morgan fingerprint density at radius 1 is 1.45 bits per heavy atom. The summed E-state index contributed by atoms with van der Waals surface area (Å²) in [5.74, 6) is -0.665. The van der Waals surface area contributed by atoms with Gasteiger partial charge < -0.3 is 10.1 Å². The number of rotatable bonds is 4. The van der Waals surface area contributed by atoms with Crippen molar-refractivity contribution in [1.29, 1.82) is 0 Å². The average Bonchev–Trinajstić information content (AvgIpc) is 2.75. The SMILES string of the molecule is CCOC(=O)c1c(C)nsc1Nc1ccc(F)c(C)c1. The first kappa shape index (κ1) is 14.5. The predicted molar refractivity (Wildman–Crippen MR) is 77.2 cm³/mol. The van der Waals surface area contributed by atoms with Gasteiger partial charge in [0.15, 0.2) is 0 Å². The molecule has 1 aromatic heterocycles. The number of nitrogens with one attached hydrogen (secondary N) is 1. The molecule has 4 nitrogen and oxygen atoms in total. The average molecular weight is 294 g/mol. The summed E-state index contributed by atoms with van der Waals surface area (Å²) in [6.45, 7) is 5.50. The van der Waals surface area contributed by atoms with E-state index in [-0.39, 0.29) is 5.82 Å². The van der Waals surface area contributed by atoms with Gasteiger partial charge in [0.05, 0.1) is 12.3 Å². The van der Waals surface area contributed by atoms with Crippen molar-refractivity contribution in [3.05, 3.63) is 40.8 Å². The number of anilines is 2. The number of hydrogen-bond donors (Lipinski definition) is 1. The molecule has 0 saturated heterocycles. The summed E-state index contributed by atoms with van der Waals surface area (Å²) in [6, 6.07) is 4.68. The lowest BCUT2D eigenvalue weighted by molar-refractivity contribution is 0.0527. The minimum absolute atomic E-state index is 0.262. The molecule has 0 amide bonds.